The van der Waals surface area contributed by atoms with Gasteiger partial charge in [-0.05, 0) is 30.9 Å². The van der Waals surface area contributed by atoms with Crippen LogP contribution in [-0.2, 0) is 11.3 Å². The van der Waals surface area contributed by atoms with Gasteiger partial charge in [0.2, 0.25) is 0 Å². The summed E-state index contributed by atoms with van der Waals surface area (Å²) in [4.78, 5) is 0. The number of nitrogens with one attached hydrogen (secondary N) is 1. The van der Waals surface area contributed by atoms with Gasteiger partial charge < -0.3 is 19.2 Å². The normalized spacial score (nSPS) is 19.4. The Morgan fingerprint density at radius 3 is 3.15 bits per heavy atom. The average molecular weight is 275 g/mol. The summed E-state index contributed by atoms with van der Waals surface area (Å²) in [6.07, 6.45) is 2.43. The Hall–Kier alpha value is -1.52. The molecule has 4 heteroatoms. The second-order valence-electron chi connectivity index (χ2n) is 5.31. The predicted molar refractivity (Wildman–Crippen MR) is 78.0 cm³/mol. The lowest BCUT2D eigenvalue weighted by molar-refractivity contribution is 0.0546. The standard InChI is InChI=1S/C16H21NO3/c1-18-15-6-2-5-13-8-14(20-16(13)15)10-17-9-12-4-3-7-19-11-12/h2,5-6,8,12,17H,3-4,7,9-11H2,1H3. The molecular formula is C16H21NO3. The molecule has 0 aliphatic carbocycles. The summed E-state index contributed by atoms with van der Waals surface area (Å²) in [7, 11) is 1.66. The number of fused-ring (bicyclic) bond motifs is 1. The Kier molecular flexibility index (Phi) is 4.23. The first kappa shape index (κ1) is 13.5. The Bertz CT molecular complexity index is 558. The zero-order chi connectivity index (χ0) is 13.8. The molecule has 0 radical (unpaired) electrons. The van der Waals surface area contributed by atoms with Crippen molar-refractivity contribution in [2.45, 2.75) is 19.4 Å². The second kappa shape index (κ2) is 6.29. The molecule has 1 aromatic heterocycles. The molecule has 4 nitrogen and oxygen atoms in total. The van der Waals surface area contributed by atoms with Crippen LogP contribution < -0.4 is 10.1 Å². The van der Waals surface area contributed by atoms with E-state index in [9.17, 15) is 0 Å². The zero-order valence-corrected chi connectivity index (χ0v) is 11.9. The molecule has 1 aromatic carbocycles. The summed E-state index contributed by atoms with van der Waals surface area (Å²) in [5, 5.41) is 4.54. The van der Waals surface area contributed by atoms with E-state index in [1.54, 1.807) is 7.11 Å². The molecule has 0 spiro atoms. The van der Waals surface area contributed by atoms with Crippen LogP contribution in [-0.4, -0.2) is 26.9 Å². The smallest absolute Gasteiger partial charge is 0.176 e. The third kappa shape index (κ3) is 2.97. The van der Waals surface area contributed by atoms with Gasteiger partial charge in [-0.1, -0.05) is 12.1 Å². The van der Waals surface area contributed by atoms with Crippen LogP contribution in [0.4, 0.5) is 0 Å². The van der Waals surface area contributed by atoms with Gasteiger partial charge in [-0.3, -0.25) is 0 Å². The highest BCUT2D eigenvalue weighted by Crippen LogP contribution is 2.28. The zero-order valence-electron chi connectivity index (χ0n) is 11.9. The first-order valence-corrected chi connectivity index (χ1v) is 7.20. The molecule has 1 aliphatic heterocycles. The van der Waals surface area contributed by atoms with Gasteiger partial charge in [0, 0.05) is 18.5 Å². The van der Waals surface area contributed by atoms with Gasteiger partial charge in [0.25, 0.3) is 0 Å². The van der Waals surface area contributed by atoms with Crippen molar-refractivity contribution in [1.82, 2.24) is 5.32 Å². The number of ether oxygens (including phenoxy) is 2. The first-order chi connectivity index (χ1) is 9.86. The van der Waals surface area contributed by atoms with Crippen LogP contribution in [0.2, 0.25) is 0 Å². The molecule has 0 bridgehead atoms. The van der Waals surface area contributed by atoms with Crippen molar-refractivity contribution in [3.63, 3.8) is 0 Å². The molecule has 1 fully saturated rings. The van der Waals surface area contributed by atoms with Crippen molar-refractivity contribution in [2.75, 3.05) is 26.9 Å². The topological polar surface area (TPSA) is 43.6 Å². The summed E-state index contributed by atoms with van der Waals surface area (Å²) in [5.41, 5.74) is 0.827. The SMILES string of the molecule is COc1cccc2cc(CNCC3CCCOC3)oc12. The van der Waals surface area contributed by atoms with Crippen LogP contribution in [0.3, 0.4) is 0 Å². The van der Waals surface area contributed by atoms with E-state index in [4.69, 9.17) is 13.9 Å². The molecule has 108 valence electrons. The van der Waals surface area contributed by atoms with E-state index in [0.29, 0.717) is 5.92 Å². The quantitative estimate of drug-likeness (QED) is 0.911. The monoisotopic (exact) mass is 275 g/mol. The van der Waals surface area contributed by atoms with Gasteiger partial charge in [-0.2, -0.15) is 0 Å². The Labute approximate surface area is 119 Å². The summed E-state index contributed by atoms with van der Waals surface area (Å²) < 4.78 is 16.7. The third-order valence-electron chi connectivity index (χ3n) is 3.77. The van der Waals surface area contributed by atoms with E-state index in [1.807, 2.05) is 18.2 Å². The minimum absolute atomic E-state index is 0.627. The van der Waals surface area contributed by atoms with Crippen LogP contribution in [0, 0.1) is 5.92 Å². The summed E-state index contributed by atoms with van der Waals surface area (Å²) in [6.45, 7) is 3.52. The van der Waals surface area contributed by atoms with Crippen molar-refractivity contribution in [1.29, 1.82) is 0 Å². The second-order valence-corrected chi connectivity index (χ2v) is 5.31. The van der Waals surface area contributed by atoms with Gasteiger partial charge in [-0.15, -0.1) is 0 Å². The van der Waals surface area contributed by atoms with Crippen molar-refractivity contribution >= 4 is 11.0 Å². The van der Waals surface area contributed by atoms with Crippen LogP contribution in [0.5, 0.6) is 5.75 Å². The Morgan fingerprint density at radius 1 is 1.40 bits per heavy atom. The molecule has 3 rings (SSSR count). The minimum Gasteiger partial charge on any atom is -0.493 e. The number of hydrogen-bond donors (Lipinski definition) is 1. The van der Waals surface area contributed by atoms with Crippen LogP contribution in [0.15, 0.2) is 28.7 Å². The maximum Gasteiger partial charge on any atom is 0.176 e. The molecule has 20 heavy (non-hydrogen) atoms. The fourth-order valence-electron chi connectivity index (χ4n) is 2.71. The molecule has 2 heterocycles. The highest BCUT2D eigenvalue weighted by atomic mass is 16.5. The fourth-order valence-corrected chi connectivity index (χ4v) is 2.71. The van der Waals surface area contributed by atoms with Crippen LogP contribution in [0.25, 0.3) is 11.0 Å². The van der Waals surface area contributed by atoms with Gasteiger partial charge in [-0.25, -0.2) is 0 Å². The van der Waals surface area contributed by atoms with E-state index in [1.165, 1.54) is 12.8 Å². The molecule has 0 saturated carbocycles. The van der Waals surface area contributed by atoms with Crippen molar-refractivity contribution < 1.29 is 13.9 Å². The molecule has 1 aliphatic rings. The van der Waals surface area contributed by atoms with Gasteiger partial charge in [0.1, 0.15) is 5.76 Å². The summed E-state index contributed by atoms with van der Waals surface area (Å²) >= 11 is 0. The summed E-state index contributed by atoms with van der Waals surface area (Å²) in [6, 6.07) is 8.01. The number of benzene rings is 1. The highest BCUT2D eigenvalue weighted by Gasteiger charge is 2.14. The maximum atomic E-state index is 5.86. The fraction of sp³-hybridized carbons (Fsp3) is 0.500. The number of methoxy groups -OCH3 is 1. The molecule has 2 aromatic rings. The lowest BCUT2D eigenvalue weighted by atomic mass is 10.0. The molecule has 0 amide bonds. The van der Waals surface area contributed by atoms with E-state index >= 15 is 0 Å². The number of para-hydroxylation sites is 1. The minimum atomic E-state index is 0.627. The van der Waals surface area contributed by atoms with Gasteiger partial charge in [0.15, 0.2) is 11.3 Å². The van der Waals surface area contributed by atoms with E-state index in [2.05, 4.69) is 11.4 Å². The van der Waals surface area contributed by atoms with Crippen LogP contribution >= 0.6 is 0 Å². The number of furan rings is 1. The van der Waals surface area contributed by atoms with E-state index in [0.717, 1.165) is 48.8 Å². The summed E-state index contributed by atoms with van der Waals surface area (Å²) in [5.74, 6) is 2.36. The van der Waals surface area contributed by atoms with Crippen molar-refractivity contribution in [3.05, 3.63) is 30.0 Å². The average Bonchev–Trinajstić information content (AvgIpc) is 2.91. The van der Waals surface area contributed by atoms with Gasteiger partial charge >= 0.3 is 0 Å². The molecule has 1 N–H and O–H groups in total. The molecule has 1 saturated heterocycles. The van der Waals surface area contributed by atoms with E-state index in [-0.39, 0.29) is 0 Å². The lowest BCUT2D eigenvalue weighted by Crippen LogP contribution is -2.28. The molecular weight excluding hydrogens is 254 g/mol. The molecule has 1 atom stereocenters. The van der Waals surface area contributed by atoms with Gasteiger partial charge in [0.05, 0.1) is 20.3 Å². The van der Waals surface area contributed by atoms with Crippen LogP contribution in [0.1, 0.15) is 18.6 Å². The van der Waals surface area contributed by atoms with Crippen molar-refractivity contribution in [2.24, 2.45) is 5.92 Å². The van der Waals surface area contributed by atoms with E-state index < -0.39 is 0 Å². The largest absolute Gasteiger partial charge is 0.493 e. The lowest BCUT2D eigenvalue weighted by Gasteiger charge is -2.21. The number of hydrogen-bond acceptors (Lipinski definition) is 4. The third-order valence-corrected chi connectivity index (χ3v) is 3.77. The number of rotatable bonds is 5. The highest BCUT2D eigenvalue weighted by molar-refractivity contribution is 5.83. The maximum absolute atomic E-state index is 5.86. The predicted octanol–water partition coefficient (Wildman–Crippen LogP) is 2.96. The molecule has 1 unspecified atom stereocenters. The first-order valence-electron chi connectivity index (χ1n) is 7.20. The van der Waals surface area contributed by atoms with Crippen molar-refractivity contribution in [3.8, 4) is 5.75 Å². The Morgan fingerprint density at radius 2 is 2.35 bits per heavy atom. The Balaban J connectivity index is 1.60.